The van der Waals surface area contributed by atoms with E-state index in [1.165, 1.54) is 10.9 Å². The van der Waals surface area contributed by atoms with Gasteiger partial charge in [-0.2, -0.15) is 4.98 Å². The summed E-state index contributed by atoms with van der Waals surface area (Å²) in [5, 5.41) is 7.77. The molecule has 0 atom stereocenters. The standard InChI is InChI=1S/C15H16N4O2/c1-10-18-14(19-21-10)8-15(20)16-7-6-11-9-17-13-5-3-2-4-12(11)13/h2-5,9,17H,6-8H2,1H3,(H,16,20). The van der Waals surface area contributed by atoms with Crippen molar-refractivity contribution >= 4 is 16.8 Å². The van der Waals surface area contributed by atoms with Gasteiger partial charge in [-0.05, 0) is 18.1 Å². The first kappa shape index (κ1) is 13.4. The van der Waals surface area contributed by atoms with Crippen LogP contribution in [0.2, 0.25) is 0 Å². The highest BCUT2D eigenvalue weighted by molar-refractivity contribution is 5.83. The monoisotopic (exact) mass is 284 g/mol. The van der Waals surface area contributed by atoms with E-state index in [9.17, 15) is 4.79 Å². The highest BCUT2D eigenvalue weighted by Crippen LogP contribution is 2.17. The molecule has 108 valence electrons. The number of rotatable bonds is 5. The second kappa shape index (κ2) is 5.78. The van der Waals surface area contributed by atoms with Crippen molar-refractivity contribution in [1.29, 1.82) is 0 Å². The number of aromatic amines is 1. The summed E-state index contributed by atoms with van der Waals surface area (Å²) in [6.45, 7) is 2.28. The fourth-order valence-electron chi connectivity index (χ4n) is 2.29. The molecule has 1 aromatic carbocycles. The Labute approximate surface area is 121 Å². The fraction of sp³-hybridized carbons (Fsp3) is 0.267. The Morgan fingerprint density at radius 2 is 2.24 bits per heavy atom. The molecule has 0 aliphatic heterocycles. The second-order valence-corrected chi connectivity index (χ2v) is 4.87. The molecule has 6 nitrogen and oxygen atoms in total. The number of aromatic nitrogens is 3. The summed E-state index contributed by atoms with van der Waals surface area (Å²) in [6, 6.07) is 8.12. The third kappa shape index (κ3) is 3.10. The van der Waals surface area contributed by atoms with Crippen LogP contribution in [0.5, 0.6) is 0 Å². The molecule has 0 aliphatic carbocycles. The number of para-hydroxylation sites is 1. The van der Waals surface area contributed by atoms with Crippen LogP contribution in [0.3, 0.4) is 0 Å². The first-order valence-corrected chi connectivity index (χ1v) is 6.83. The van der Waals surface area contributed by atoms with Crippen LogP contribution in [-0.2, 0) is 17.6 Å². The number of nitrogens with one attached hydrogen (secondary N) is 2. The summed E-state index contributed by atoms with van der Waals surface area (Å²) in [5.74, 6) is 0.782. The van der Waals surface area contributed by atoms with Crippen molar-refractivity contribution in [3.63, 3.8) is 0 Å². The average Bonchev–Trinajstić information content (AvgIpc) is 3.06. The van der Waals surface area contributed by atoms with Gasteiger partial charge in [0.25, 0.3) is 0 Å². The van der Waals surface area contributed by atoms with Gasteiger partial charge in [0.2, 0.25) is 11.8 Å². The van der Waals surface area contributed by atoms with Crippen molar-refractivity contribution < 1.29 is 9.32 Å². The van der Waals surface area contributed by atoms with Gasteiger partial charge in [0, 0.05) is 30.6 Å². The molecule has 0 unspecified atom stereocenters. The van der Waals surface area contributed by atoms with Crippen LogP contribution < -0.4 is 5.32 Å². The van der Waals surface area contributed by atoms with E-state index in [4.69, 9.17) is 4.52 Å². The zero-order chi connectivity index (χ0) is 14.7. The minimum absolute atomic E-state index is 0.101. The summed E-state index contributed by atoms with van der Waals surface area (Å²) in [6.07, 6.45) is 2.91. The van der Waals surface area contributed by atoms with Gasteiger partial charge in [-0.15, -0.1) is 0 Å². The van der Waals surface area contributed by atoms with Crippen molar-refractivity contribution in [2.45, 2.75) is 19.8 Å². The predicted octanol–water partition coefficient (Wildman–Crippen LogP) is 1.76. The van der Waals surface area contributed by atoms with Crippen LogP contribution in [0.1, 0.15) is 17.3 Å². The number of hydrogen-bond acceptors (Lipinski definition) is 4. The van der Waals surface area contributed by atoms with Gasteiger partial charge in [0.1, 0.15) is 0 Å². The number of aryl methyl sites for hydroxylation is 1. The minimum Gasteiger partial charge on any atom is -0.361 e. The van der Waals surface area contributed by atoms with Gasteiger partial charge >= 0.3 is 0 Å². The van der Waals surface area contributed by atoms with E-state index in [0.29, 0.717) is 18.3 Å². The summed E-state index contributed by atoms with van der Waals surface area (Å²) in [5.41, 5.74) is 2.31. The zero-order valence-electron chi connectivity index (χ0n) is 11.7. The van der Waals surface area contributed by atoms with Gasteiger partial charge in [-0.1, -0.05) is 23.4 Å². The van der Waals surface area contributed by atoms with E-state index in [1.54, 1.807) is 6.92 Å². The maximum Gasteiger partial charge on any atom is 0.227 e. The lowest BCUT2D eigenvalue weighted by atomic mass is 10.1. The van der Waals surface area contributed by atoms with Gasteiger partial charge < -0.3 is 14.8 Å². The molecule has 2 heterocycles. The van der Waals surface area contributed by atoms with E-state index in [1.807, 2.05) is 24.4 Å². The molecule has 0 saturated heterocycles. The van der Waals surface area contributed by atoms with Crippen molar-refractivity contribution in [2.24, 2.45) is 0 Å². The van der Waals surface area contributed by atoms with Crippen LogP contribution in [0.25, 0.3) is 10.9 Å². The Kier molecular flexibility index (Phi) is 3.68. The Morgan fingerprint density at radius 3 is 3.05 bits per heavy atom. The molecule has 0 bridgehead atoms. The van der Waals surface area contributed by atoms with Crippen LogP contribution in [0.4, 0.5) is 0 Å². The van der Waals surface area contributed by atoms with Crippen LogP contribution >= 0.6 is 0 Å². The van der Waals surface area contributed by atoms with Crippen LogP contribution in [0.15, 0.2) is 35.0 Å². The van der Waals surface area contributed by atoms with E-state index < -0.39 is 0 Å². The number of nitrogens with zero attached hydrogens (tertiary/aromatic N) is 2. The SMILES string of the molecule is Cc1nc(CC(=O)NCCc2c[nH]c3ccccc23)no1. The summed E-state index contributed by atoms with van der Waals surface area (Å²) in [7, 11) is 0. The largest absolute Gasteiger partial charge is 0.361 e. The van der Waals surface area contributed by atoms with Crippen molar-refractivity contribution in [3.05, 3.63) is 47.7 Å². The molecule has 0 saturated carbocycles. The molecule has 0 spiro atoms. The molecule has 3 rings (SSSR count). The lowest BCUT2D eigenvalue weighted by Gasteiger charge is -2.03. The molecule has 2 N–H and O–H groups in total. The number of fused-ring (bicyclic) bond motifs is 1. The highest BCUT2D eigenvalue weighted by Gasteiger charge is 2.09. The molecule has 21 heavy (non-hydrogen) atoms. The maximum absolute atomic E-state index is 11.8. The first-order chi connectivity index (χ1) is 10.2. The smallest absolute Gasteiger partial charge is 0.227 e. The van der Waals surface area contributed by atoms with Gasteiger partial charge in [-0.25, -0.2) is 0 Å². The summed E-state index contributed by atoms with van der Waals surface area (Å²) >= 11 is 0. The number of carbonyl (C=O) groups is 1. The molecule has 0 aliphatic rings. The van der Waals surface area contributed by atoms with E-state index >= 15 is 0 Å². The van der Waals surface area contributed by atoms with Crippen molar-refractivity contribution in [2.75, 3.05) is 6.54 Å². The van der Waals surface area contributed by atoms with E-state index in [0.717, 1.165) is 11.9 Å². The second-order valence-electron chi connectivity index (χ2n) is 4.87. The number of carbonyl (C=O) groups excluding carboxylic acids is 1. The third-order valence-corrected chi connectivity index (χ3v) is 3.28. The number of amides is 1. The normalized spacial score (nSPS) is 10.9. The minimum atomic E-state index is -0.101. The lowest BCUT2D eigenvalue weighted by Crippen LogP contribution is -2.27. The summed E-state index contributed by atoms with van der Waals surface area (Å²) in [4.78, 5) is 19.0. The third-order valence-electron chi connectivity index (χ3n) is 3.28. The van der Waals surface area contributed by atoms with Crippen LogP contribution in [-0.4, -0.2) is 27.6 Å². The molecule has 0 radical (unpaired) electrons. The summed E-state index contributed by atoms with van der Waals surface area (Å²) < 4.78 is 4.83. The average molecular weight is 284 g/mol. The molecule has 0 fully saturated rings. The first-order valence-electron chi connectivity index (χ1n) is 6.83. The Bertz CT molecular complexity index is 760. The maximum atomic E-state index is 11.8. The van der Waals surface area contributed by atoms with E-state index in [2.05, 4.69) is 26.5 Å². The van der Waals surface area contributed by atoms with Gasteiger partial charge in [-0.3, -0.25) is 4.79 Å². The highest BCUT2D eigenvalue weighted by atomic mass is 16.5. The number of hydrogen-bond donors (Lipinski definition) is 2. The quantitative estimate of drug-likeness (QED) is 0.747. The molecule has 2 aromatic heterocycles. The molecule has 6 heteroatoms. The Hall–Kier alpha value is -2.63. The molecule has 3 aromatic rings. The number of benzene rings is 1. The Morgan fingerprint density at radius 1 is 1.38 bits per heavy atom. The lowest BCUT2D eigenvalue weighted by molar-refractivity contribution is -0.120. The molecular weight excluding hydrogens is 268 g/mol. The zero-order valence-corrected chi connectivity index (χ0v) is 11.7. The van der Waals surface area contributed by atoms with E-state index in [-0.39, 0.29) is 12.3 Å². The van der Waals surface area contributed by atoms with Crippen molar-refractivity contribution in [1.82, 2.24) is 20.4 Å². The molecule has 1 amide bonds. The van der Waals surface area contributed by atoms with Gasteiger partial charge in [0.15, 0.2) is 5.82 Å². The Balaban J connectivity index is 1.53. The topological polar surface area (TPSA) is 83.8 Å². The predicted molar refractivity (Wildman–Crippen MR) is 77.8 cm³/mol. The number of H-pyrrole nitrogens is 1. The molecular formula is C15H16N4O2. The fourth-order valence-corrected chi connectivity index (χ4v) is 2.29. The van der Waals surface area contributed by atoms with Crippen molar-refractivity contribution in [3.8, 4) is 0 Å². The van der Waals surface area contributed by atoms with Crippen LogP contribution in [0, 0.1) is 6.92 Å². The van der Waals surface area contributed by atoms with Gasteiger partial charge in [0.05, 0.1) is 6.42 Å².